The van der Waals surface area contributed by atoms with E-state index in [-0.39, 0.29) is 0 Å². The summed E-state index contributed by atoms with van der Waals surface area (Å²) in [5.74, 6) is 1.91. The number of aromatic nitrogens is 2. The number of imidazole rings is 1. The first kappa shape index (κ1) is 17.3. The van der Waals surface area contributed by atoms with Crippen LogP contribution in [0.3, 0.4) is 0 Å². The molecule has 4 aromatic rings. The summed E-state index contributed by atoms with van der Waals surface area (Å²) < 4.78 is 8.31. The van der Waals surface area contributed by atoms with Crippen molar-refractivity contribution in [2.45, 2.75) is 27.3 Å². The maximum Gasteiger partial charge on any atom is 0.141 e. The molecule has 0 saturated carbocycles. The van der Waals surface area contributed by atoms with E-state index >= 15 is 0 Å². The fraction of sp³-hybridized carbons (Fsp3) is 0.208. The molecule has 0 unspecified atom stereocenters. The molecule has 3 aromatic carbocycles. The van der Waals surface area contributed by atoms with Gasteiger partial charge in [-0.1, -0.05) is 42.0 Å². The predicted molar refractivity (Wildman–Crippen MR) is 111 cm³/mol. The van der Waals surface area contributed by atoms with Gasteiger partial charge in [-0.2, -0.15) is 0 Å². The van der Waals surface area contributed by atoms with Gasteiger partial charge in [0.2, 0.25) is 0 Å². The van der Waals surface area contributed by atoms with Crippen molar-refractivity contribution >= 4 is 11.0 Å². The topological polar surface area (TPSA) is 27.1 Å². The van der Waals surface area contributed by atoms with Gasteiger partial charge in [0.15, 0.2) is 0 Å². The van der Waals surface area contributed by atoms with Crippen molar-refractivity contribution in [3.63, 3.8) is 0 Å². The van der Waals surface area contributed by atoms with Gasteiger partial charge in [-0.3, -0.25) is 0 Å². The zero-order chi connectivity index (χ0) is 18.8. The number of para-hydroxylation sites is 2. The van der Waals surface area contributed by atoms with Crippen LogP contribution in [-0.2, 0) is 6.54 Å². The highest BCUT2D eigenvalue weighted by molar-refractivity contribution is 5.80. The molecule has 0 atom stereocenters. The van der Waals surface area contributed by atoms with Crippen LogP contribution in [0.5, 0.6) is 5.75 Å². The molecule has 0 N–H and O–H groups in total. The molecule has 0 fully saturated rings. The van der Waals surface area contributed by atoms with E-state index in [1.54, 1.807) is 0 Å². The molecule has 0 aliphatic heterocycles. The Morgan fingerprint density at radius 1 is 0.815 bits per heavy atom. The molecule has 27 heavy (non-hydrogen) atoms. The molecule has 0 spiro atoms. The Balaban J connectivity index is 1.65. The van der Waals surface area contributed by atoms with Gasteiger partial charge in [0.05, 0.1) is 17.6 Å². The van der Waals surface area contributed by atoms with Gasteiger partial charge in [-0.15, -0.1) is 0 Å². The first-order valence-electron chi connectivity index (χ1n) is 9.33. The predicted octanol–water partition coefficient (Wildman–Crippen LogP) is 5.71. The van der Waals surface area contributed by atoms with Crippen molar-refractivity contribution in [2.75, 3.05) is 6.61 Å². The van der Waals surface area contributed by atoms with Gasteiger partial charge in [0.25, 0.3) is 0 Å². The lowest BCUT2D eigenvalue weighted by molar-refractivity contribution is 0.300. The summed E-state index contributed by atoms with van der Waals surface area (Å²) in [7, 11) is 0. The highest BCUT2D eigenvalue weighted by Crippen LogP contribution is 2.25. The van der Waals surface area contributed by atoms with E-state index in [0.717, 1.165) is 34.7 Å². The smallest absolute Gasteiger partial charge is 0.141 e. The number of hydrogen-bond acceptors (Lipinski definition) is 2. The van der Waals surface area contributed by atoms with Crippen LogP contribution in [0.2, 0.25) is 0 Å². The molecule has 0 amide bonds. The number of fused-ring (bicyclic) bond motifs is 1. The van der Waals surface area contributed by atoms with Crippen molar-refractivity contribution in [1.82, 2.24) is 9.55 Å². The second kappa shape index (κ2) is 7.28. The fourth-order valence-corrected chi connectivity index (χ4v) is 3.58. The van der Waals surface area contributed by atoms with Gasteiger partial charge >= 0.3 is 0 Å². The van der Waals surface area contributed by atoms with Crippen LogP contribution in [-0.4, -0.2) is 16.2 Å². The van der Waals surface area contributed by atoms with Crippen LogP contribution in [0.1, 0.15) is 16.7 Å². The highest BCUT2D eigenvalue weighted by atomic mass is 16.5. The molecule has 0 saturated heterocycles. The van der Waals surface area contributed by atoms with Gasteiger partial charge in [0, 0.05) is 5.56 Å². The van der Waals surface area contributed by atoms with Gasteiger partial charge in [-0.25, -0.2) is 4.98 Å². The third kappa shape index (κ3) is 3.72. The average molecular weight is 356 g/mol. The van der Waals surface area contributed by atoms with E-state index in [0.29, 0.717) is 6.61 Å². The standard InChI is InChI=1S/C24H24N2O/c1-17-7-6-8-20(14-17)24-25-22-9-4-5-10-23(22)26(24)11-12-27-21-15-18(2)13-19(3)16-21/h4-10,13-16H,11-12H2,1-3H3. The van der Waals surface area contributed by atoms with Crippen LogP contribution in [0.4, 0.5) is 0 Å². The van der Waals surface area contributed by atoms with Crippen LogP contribution >= 0.6 is 0 Å². The summed E-state index contributed by atoms with van der Waals surface area (Å²) in [4.78, 5) is 4.89. The van der Waals surface area contributed by atoms with Crippen molar-refractivity contribution in [3.8, 4) is 17.1 Å². The third-order valence-corrected chi connectivity index (χ3v) is 4.71. The molecule has 4 rings (SSSR count). The number of ether oxygens (including phenoxy) is 1. The SMILES string of the molecule is Cc1cc(C)cc(OCCn2c(-c3cccc(C)c3)nc3ccccc32)c1. The molecule has 0 aliphatic rings. The van der Waals surface area contributed by atoms with Gasteiger partial charge in [-0.05, 0) is 62.2 Å². The Morgan fingerprint density at radius 3 is 2.37 bits per heavy atom. The number of benzene rings is 3. The molecule has 1 heterocycles. The van der Waals surface area contributed by atoms with Gasteiger partial charge in [0.1, 0.15) is 18.2 Å². The summed E-state index contributed by atoms with van der Waals surface area (Å²) >= 11 is 0. The van der Waals surface area contributed by atoms with Crippen molar-refractivity contribution < 1.29 is 4.74 Å². The molecule has 0 aliphatic carbocycles. The van der Waals surface area contributed by atoms with Crippen molar-refractivity contribution in [2.24, 2.45) is 0 Å². The second-order valence-corrected chi connectivity index (χ2v) is 7.12. The lowest BCUT2D eigenvalue weighted by Crippen LogP contribution is -2.09. The normalized spacial score (nSPS) is 11.1. The fourth-order valence-electron chi connectivity index (χ4n) is 3.58. The molecule has 136 valence electrons. The van der Waals surface area contributed by atoms with Crippen LogP contribution in [0.25, 0.3) is 22.4 Å². The molecule has 0 bridgehead atoms. The van der Waals surface area contributed by atoms with Crippen molar-refractivity contribution in [3.05, 3.63) is 83.4 Å². The number of nitrogens with zero attached hydrogens (tertiary/aromatic N) is 2. The van der Waals surface area contributed by atoms with E-state index in [1.807, 2.05) is 6.07 Å². The molecule has 0 radical (unpaired) electrons. The Bertz CT molecular complexity index is 1070. The van der Waals surface area contributed by atoms with Crippen LogP contribution < -0.4 is 4.74 Å². The number of aryl methyl sites for hydroxylation is 3. The largest absolute Gasteiger partial charge is 0.492 e. The average Bonchev–Trinajstić information content (AvgIpc) is 3.00. The Kier molecular flexibility index (Phi) is 4.68. The summed E-state index contributed by atoms with van der Waals surface area (Å²) in [5.41, 5.74) is 6.96. The molecule has 3 nitrogen and oxygen atoms in total. The highest BCUT2D eigenvalue weighted by Gasteiger charge is 2.12. The molecular formula is C24H24N2O. The van der Waals surface area contributed by atoms with Gasteiger partial charge < -0.3 is 9.30 Å². The van der Waals surface area contributed by atoms with E-state index in [4.69, 9.17) is 9.72 Å². The lowest BCUT2D eigenvalue weighted by Gasteiger charge is -2.12. The molecular weight excluding hydrogens is 332 g/mol. The Hall–Kier alpha value is -3.07. The maximum atomic E-state index is 6.06. The van der Waals surface area contributed by atoms with Crippen LogP contribution in [0.15, 0.2) is 66.7 Å². The van der Waals surface area contributed by atoms with Crippen LogP contribution in [0, 0.1) is 20.8 Å². The summed E-state index contributed by atoms with van der Waals surface area (Å²) in [6.07, 6.45) is 0. The minimum absolute atomic E-state index is 0.599. The van der Waals surface area contributed by atoms with E-state index < -0.39 is 0 Å². The minimum Gasteiger partial charge on any atom is -0.492 e. The number of hydrogen-bond donors (Lipinski definition) is 0. The first-order chi connectivity index (χ1) is 13.1. The van der Waals surface area contributed by atoms with E-state index in [9.17, 15) is 0 Å². The second-order valence-electron chi connectivity index (χ2n) is 7.12. The zero-order valence-electron chi connectivity index (χ0n) is 16.1. The van der Waals surface area contributed by atoms with Crippen molar-refractivity contribution in [1.29, 1.82) is 0 Å². The Labute approximate surface area is 160 Å². The molecule has 1 aromatic heterocycles. The zero-order valence-corrected chi connectivity index (χ0v) is 16.1. The van der Waals surface area contributed by atoms with E-state index in [2.05, 4.69) is 86.0 Å². The quantitative estimate of drug-likeness (QED) is 0.458. The Morgan fingerprint density at radius 2 is 1.59 bits per heavy atom. The lowest BCUT2D eigenvalue weighted by atomic mass is 10.1. The summed E-state index contributed by atoms with van der Waals surface area (Å²) in [6, 6.07) is 23.1. The monoisotopic (exact) mass is 356 g/mol. The molecule has 3 heteroatoms. The first-order valence-corrected chi connectivity index (χ1v) is 9.33. The third-order valence-electron chi connectivity index (χ3n) is 4.71. The summed E-state index contributed by atoms with van der Waals surface area (Å²) in [6.45, 7) is 7.65. The maximum absolute atomic E-state index is 6.06. The summed E-state index contributed by atoms with van der Waals surface area (Å²) in [5, 5.41) is 0. The number of rotatable bonds is 5. The van der Waals surface area contributed by atoms with E-state index in [1.165, 1.54) is 16.7 Å². The minimum atomic E-state index is 0.599.